The van der Waals surface area contributed by atoms with Crippen molar-refractivity contribution in [1.29, 1.82) is 0 Å². The van der Waals surface area contributed by atoms with E-state index in [2.05, 4.69) is 10.6 Å². The van der Waals surface area contributed by atoms with Crippen LogP contribution >= 0.6 is 0 Å². The van der Waals surface area contributed by atoms with E-state index >= 15 is 0 Å². The van der Waals surface area contributed by atoms with Crippen molar-refractivity contribution in [2.45, 2.75) is 31.8 Å². The molecule has 4 rings (SSSR count). The van der Waals surface area contributed by atoms with E-state index in [0.717, 1.165) is 5.56 Å². The minimum atomic E-state index is -0.889. The normalized spacial score (nSPS) is 22.7. The van der Waals surface area contributed by atoms with Gasteiger partial charge in [-0.3, -0.25) is 14.4 Å². The highest BCUT2D eigenvalue weighted by atomic mass is 19.1. The molecule has 0 radical (unpaired) electrons. The molecule has 0 aromatic heterocycles. The quantitative estimate of drug-likeness (QED) is 0.815. The lowest BCUT2D eigenvalue weighted by atomic mass is 9.77. The molecule has 7 heteroatoms. The minimum Gasteiger partial charge on any atom is -0.354 e. The Morgan fingerprint density at radius 2 is 1.87 bits per heavy atom. The zero-order valence-corrected chi connectivity index (χ0v) is 16.9. The van der Waals surface area contributed by atoms with Gasteiger partial charge in [-0.2, -0.15) is 0 Å². The molecule has 1 spiro atoms. The lowest BCUT2D eigenvalue weighted by Crippen LogP contribution is -2.62. The largest absolute Gasteiger partial charge is 0.354 e. The molecule has 0 unspecified atom stereocenters. The maximum atomic E-state index is 13.3. The van der Waals surface area contributed by atoms with Crippen LogP contribution < -0.4 is 10.6 Å². The van der Waals surface area contributed by atoms with Gasteiger partial charge in [0.25, 0.3) is 11.8 Å². The van der Waals surface area contributed by atoms with Crippen molar-refractivity contribution in [1.82, 2.24) is 15.5 Å². The summed E-state index contributed by atoms with van der Waals surface area (Å²) in [5.41, 5.74) is 0.910. The maximum absolute atomic E-state index is 13.3. The number of amides is 3. The molecule has 6 nitrogen and oxygen atoms in total. The molecule has 156 valence electrons. The van der Waals surface area contributed by atoms with Crippen LogP contribution in [0.15, 0.2) is 48.5 Å². The summed E-state index contributed by atoms with van der Waals surface area (Å²) >= 11 is 0. The zero-order valence-electron chi connectivity index (χ0n) is 16.9. The number of hydrogen-bond acceptors (Lipinski definition) is 3. The monoisotopic (exact) mass is 409 g/mol. The van der Waals surface area contributed by atoms with Crippen molar-refractivity contribution >= 4 is 17.7 Å². The molecule has 0 saturated carbocycles. The average Bonchev–Trinajstić information content (AvgIpc) is 3.06. The van der Waals surface area contributed by atoms with E-state index in [0.29, 0.717) is 17.5 Å². The Hall–Kier alpha value is -3.22. The van der Waals surface area contributed by atoms with Gasteiger partial charge in [-0.1, -0.05) is 18.2 Å². The van der Waals surface area contributed by atoms with Crippen LogP contribution in [0, 0.1) is 11.7 Å². The van der Waals surface area contributed by atoms with Crippen molar-refractivity contribution < 1.29 is 18.8 Å². The van der Waals surface area contributed by atoms with Crippen LogP contribution in [0.5, 0.6) is 0 Å². The fourth-order valence-electron chi connectivity index (χ4n) is 4.44. The summed E-state index contributed by atoms with van der Waals surface area (Å²) in [5.74, 6) is -1.74. The Morgan fingerprint density at radius 1 is 1.17 bits per heavy atom. The standard InChI is InChI=1S/C23H24FN3O3/c1-14(2)25-21(29)19-12-27(22(30)15-7-9-17(24)10-8-15)13-23(19)11-16-5-3-4-6-18(16)20(28)26-23/h3-10,14,19H,11-13H2,1-2H3,(H,25,29)(H,26,28)/t19-,23+/m0/s1. The average molecular weight is 409 g/mol. The van der Waals surface area contributed by atoms with Crippen LogP contribution in [0.25, 0.3) is 0 Å². The Labute approximate surface area is 174 Å². The number of halogens is 1. The second-order valence-corrected chi connectivity index (χ2v) is 8.35. The number of nitrogens with zero attached hydrogens (tertiary/aromatic N) is 1. The maximum Gasteiger partial charge on any atom is 0.253 e. The van der Waals surface area contributed by atoms with Gasteiger partial charge in [-0.15, -0.1) is 0 Å². The summed E-state index contributed by atoms with van der Waals surface area (Å²) in [6.45, 7) is 4.13. The van der Waals surface area contributed by atoms with Crippen LogP contribution in [0.2, 0.25) is 0 Å². The van der Waals surface area contributed by atoms with E-state index < -0.39 is 17.3 Å². The van der Waals surface area contributed by atoms with E-state index in [9.17, 15) is 18.8 Å². The molecular formula is C23H24FN3O3. The number of nitrogens with one attached hydrogen (secondary N) is 2. The van der Waals surface area contributed by atoms with E-state index in [1.807, 2.05) is 26.0 Å². The summed E-state index contributed by atoms with van der Waals surface area (Å²) in [7, 11) is 0. The first-order chi connectivity index (χ1) is 14.3. The second kappa shape index (κ2) is 7.55. The van der Waals surface area contributed by atoms with Crippen molar-refractivity contribution in [3.63, 3.8) is 0 Å². The van der Waals surface area contributed by atoms with Gasteiger partial charge in [0.1, 0.15) is 5.82 Å². The molecular weight excluding hydrogens is 385 g/mol. The zero-order chi connectivity index (χ0) is 21.5. The van der Waals surface area contributed by atoms with Gasteiger partial charge in [0, 0.05) is 30.3 Å². The number of fused-ring (bicyclic) bond motifs is 1. The Morgan fingerprint density at radius 3 is 2.57 bits per heavy atom. The van der Waals surface area contributed by atoms with Crippen molar-refractivity contribution in [3.05, 3.63) is 71.0 Å². The summed E-state index contributed by atoms with van der Waals surface area (Å²) in [6.07, 6.45) is 0.457. The van der Waals surface area contributed by atoms with Crippen LogP contribution in [0.3, 0.4) is 0 Å². The Kier molecular flexibility index (Phi) is 5.05. The number of carbonyl (C=O) groups excluding carboxylic acids is 3. The van der Waals surface area contributed by atoms with Gasteiger partial charge >= 0.3 is 0 Å². The van der Waals surface area contributed by atoms with E-state index in [1.54, 1.807) is 17.0 Å². The molecule has 30 heavy (non-hydrogen) atoms. The lowest BCUT2D eigenvalue weighted by molar-refractivity contribution is -0.126. The Bertz CT molecular complexity index is 1010. The first-order valence-electron chi connectivity index (χ1n) is 10.0. The van der Waals surface area contributed by atoms with Gasteiger partial charge in [0.15, 0.2) is 0 Å². The highest BCUT2D eigenvalue weighted by molar-refractivity contribution is 5.99. The molecule has 2 aromatic rings. The highest BCUT2D eigenvalue weighted by Crippen LogP contribution is 2.36. The van der Waals surface area contributed by atoms with Crippen LogP contribution in [-0.4, -0.2) is 47.3 Å². The number of hydrogen-bond donors (Lipinski definition) is 2. The molecule has 2 atom stereocenters. The number of likely N-dealkylation sites (tertiary alicyclic amines) is 1. The Balaban J connectivity index is 1.68. The molecule has 2 aliphatic heterocycles. The highest BCUT2D eigenvalue weighted by Gasteiger charge is 2.54. The molecule has 0 aliphatic carbocycles. The molecule has 2 aliphatic rings. The third kappa shape index (κ3) is 3.56. The summed E-state index contributed by atoms with van der Waals surface area (Å²) < 4.78 is 13.3. The third-order valence-corrected chi connectivity index (χ3v) is 5.80. The predicted molar refractivity (Wildman–Crippen MR) is 109 cm³/mol. The van der Waals surface area contributed by atoms with Crippen molar-refractivity contribution in [2.75, 3.05) is 13.1 Å². The number of carbonyl (C=O) groups is 3. The molecule has 2 heterocycles. The number of benzene rings is 2. The summed E-state index contributed by atoms with van der Waals surface area (Å²) in [6, 6.07) is 12.6. The van der Waals surface area contributed by atoms with Gasteiger partial charge in [0.05, 0.1) is 11.5 Å². The van der Waals surface area contributed by atoms with Gasteiger partial charge in [0.2, 0.25) is 5.91 Å². The second-order valence-electron chi connectivity index (χ2n) is 8.35. The van der Waals surface area contributed by atoms with Crippen molar-refractivity contribution in [2.24, 2.45) is 5.92 Å². The lowest BCUT2D eigenvalue weighted by Gasteiger charge is -2.39. The minimum absolute atomic E-state index is 0.0667. The van der Waals surface area contributed by atoms with Crippen LogP contribution in [0.1, 0.15) is 40.1 Å². The molecule has 0 bridgehead atoms. The topological polar surface area (TPSA) is 78.5 Å². The SMILES string of the molecule is CC(C)NC(=O)[C@@H]1CN(C(=O)c2ccc(F)cc2)C[C@]12Cc1ccccc1C(=O)N2. The van der Waals surface area contributed by atoms with E-state index in [1.165, 1.54) is 24.3 Å². The number of rotatable bonds is 3. The predicted octanol–water partition coefficient (Wildman–Crippen LogP) is 2.15. The summed E-state index contributed by atoms with van der Waals surface area (Å²) in [5, 5.41) is 5.97. The van der Waals surface area contributed by atoms with E-state index in [-0.39, 0.29) is 36.9 Å². The van der Waals surface area contributed by atoms with Crippen molar-refractivity contribution in [3.8, 4) is 0 Å². The van der Waals surface area contributed by atoms with Gasteiger partial charge in [-0.25, -0.2) is 4.39 Å². The molecule has 1 fully saturated rings. The fourth-order valence-corrected chi connectivity index (χ4v) is 4.44. The molecule has 2 N–H and O–H groups in total. The van der Waals surface area contributed by atoms with Crippen LogP contribution in [-0.2, 0) is 11.2 Å². The van der Waals surface area contributed by atoms with Crippen LogP contribution in [0.4, 0.5) is 4.39 Å². The fraction of sp³-hybridized carbons (Fsp3) is 0.348. The molecule has 3 amide bonds. The van der Waals surface area contributed by atoms with E-state index in [4.69, 9.17) is 0 Å². The first kappa shape index (κ1) is 20.1. The summed E-state index contributed by atoms with van der Waals surface area (Å²) in [4.78, 5) is 40.5. The van der Waals surface area contributed by atoms with Gasteiger partial charge < -0.3 is 15.5 Å². The van der Waals surface area contributed by atoms with Gasteiger partial charge in [-0.05, 0) is 56.2 Å². The first-order valence-corrected chi connectivity index (χ1v) is 10.0. The third-order valence-electron chi connectivity index (χ3n) is 5.80. The smallest absolute Gasteiger partial charge is 0.253 e. The molecule has 1 saturated heterocycles. The molecule has 2 aromatic carbocycles.